The van der Waals surface area contributed by atoms with Gasteiger partial charge in [-0.1, -0.05) is 0 Å². The first-order valence-electron chi connectivity index (χ1n) is 8.81. The highest BCUT2D eigenvalue weighted by atomic mass is 15.3. The Morgan fingerprint density at radius 2 is 2.04 bits per heavy atom. The van der Waals surface area contributed by atoms with E-state index in [1.807, 2.05) is 25.6 Å². The van der Waals surface area contributed by atoms with E-state index in [9.17, 15) is 0 Å². The number of fused-ring (bicyclic) bond motifs is 1. The summed E-state index contributed by atoms with van der Waals surface area (Å²) in [7, 11) is 3.78. The minimum atomic E-state index is 0.558. The van der Waals surface area contributed by atoms with E-state index in [1.165, 1.54) is 11.3 Å². The first-order valence-corrected chi connectivity index (χ1v) is 8.81. The maximum absolute atomic E-state index is 4.46. The average molecular weight is 344 g/mol. The Balaban J connectivity index is 1.53. The van der Waals surface area contributed by atoms with Gasteiger partial charge in [0.05, 0.1) is 5.69 Å². The van der Waals surface area contributed by atoms with Gasteiger partial charge in [0.15, 0.2) is 5.96 Å². The van der Waals surface area contributed by atoms with E-state index >= 15 is 0 Å². The van der Waals surface area contributed by atoms with Gasteiger partial charge in [-0.05, 0) is 33.1 Å². The molecule has 1 aliphatic heterocycles. The van der Waals surface area contributed by atoms with Crippen molar-refractivity contribution in [1.29, 1.82) is 0 Å². The zero-order valence-electron chi connectivity index (χ0n) is 15.8. The third-order valence-corrected chi connectivity index (χ3v) is 5.10. The molecule has 0 aromatic carbocycles. The van der Waals surface area contributed by atoms with Crippen LogP contribution in [0.25, 0.3) is 0 Å². The normalized spacial score (nSPS) is 17.5. The van der Waals surface area contributed by atoms with Gasteiger partial charge in [0, 0.05) is 51.4 Å². The Morgan fingerprint density at radius 1 is 1.24 bits per heavy atom. The van der Waals surface area contributed by atoms with E-state index in [-0.39, 0.29) is 0 Å². The quantitative estimate of drug-likeness (QED) is 0.635. The number of hydrogen-bond acceptors (Lipinski definition) is 4. The summed E-state index contributed by atoms with van der Waals surface area (Å²) in [4.78, 5) is 4.34. The summed E-state index contributed by atoms with van der Waals surface area (Å²) >= 11 is 0. The summed E-state index contributed by atoms with van der Waals surface area (Å²) in [6.07, 6.45) is 2.12. The highest BCUT2D eigenvalue weighted by Gasteiger charge is 2.21. The molecular formula is C17H28N8. The van der Waals surface area contributed by atoms with E-state index in [4.69, 9.17) is 0 Å². The molecule has 0 fully saturated rings. The van der Waals surface area contributed by atoms with E-state index in [0.29, 0.717) is 5.92 Å². The molecule has 0 aliphatic carbocycles. The average Bonchev–Trinajstić information content (AvgIpc) is 3.08. The molecule has 2 aromatic rings. The predicted molar refractivity (Wildman–Crippen MR) is 97.5 cm³/mol. The second-order valence-electron chi connectivity index (χ2n) is 6.76. The second kappa shape index (κ2) is 7.25. The fourth-order valence-corrected chi connectivity index (χ4v) is 3.40. The van der Waals surface area contributed by atoms with E-state index in [0.717, 1.165) is 55.8 Å². The molecule has 0 saturated heterocycles. The topological polar surface area (TPSA) is 84.9 Å². The highest BCUT2D eigenvalue weighted by Crippen LogP contribution is 2.19. The fraction of sp³-hybridized carbons (Fsp3) is 0.647. The minimum Gasteiger partial charge on any atom is -0.356 e. The van der Waals surface area contributed by atoms with Gasteiger partial charge in [0.25, 0.3) is 0 Å². The van der Waals surface area contributed by atoms with Crippen molar-refractivity contribution in [2.24, 2.45) is 18.0 Å². The van der Waals surface area contributed by atoms with Gasteiger partial charge in [-0.2, -0.15) is 5.10 Å². The van der Waals surface area contributed by atoms with Crippen molar-refractivity contribution in [2.75, 3.05) is 13.6 Å². The first-order chi connectivity index (χ1) is 12.0. The summed E-state index contributed by atoms with van der Waals surface area (Å²) in [5, 5.41) is 19.7. The minimum absolute atomic E-state index is 0.558. The lowest BCUT2D eigenvalue weighted by Crippen LogP contribution is -2.41. The van der Waals surface area contributed by atoms with Crippen LogP contribution in [0, 0.1) is 26.7 Å². The van der Waals surface area contributed by atoms with Crippen LogP contribution in [0.3, 0.4) is 0 Å². The van der Waals surface area contributed by atoms with Crippen molar-refractivity contribution < 1.29 is 0 Å². The van der Waals surface area contributed by atoms with Crippen LogP contribution in [0.15, 0.2) is 4.99 Å². The van der Waals surface area contributed by atoms with Gasteiger partial charge in [-0.3, -0.25) is 9.67 Å². The van der Waals surface area contributed by atoms with Crippen LogP contribution in [0.4, 0.5) is 0 Å². The SMILES string of the molecule is CN=C(NCc1c(C)nn(C)c1C)NCC1CCc2nnc(C)n2C1. The number of nitrogens with one attached hydrogen (secondary N) is 2. The first kappa shape index (κ1) is 17.4. The summed E-state index contributed by atoms with van der Waals surface area (Å²) < 4.78 is 4.15. The molecule has 8 nitrogen and oxygen atoms in total. The van der Waals surface area contributed by atoms with Crippen LogP contribution in [-0.2, 0) is 26.6 Å². The van der Waals surface area contributed by atoms with Gasteiger partial charge in [0.2, 0.25) is 0 Å². The van der Waals surface area contributed by atoms with Crippen LogP contribution in [0.2, 0.25) is 0 Å². The Morgan fingerprint density at radius 3 is 2.72 bits per heavy atom. The zero-order chi connectivity index (χ0) is 18.0. The molecule has 3 heterocycles. The van der Waals surface area contributed by atoms with Crippen LogP contribution in [0.5, 0.6) is 0 Å². The number of aliphatic imine (C=N–C) groups is 1. The number of nitrogens with zero attached hydrogens (tertiary/aromatic N) is 6. The van der Waals surface area contributed by atoms with E-state index in [1.54, 1.807) is 7.05 Å². The molecule has 8 heteroatoms. The van der Waals surface area contributed by atoms with Crippen LogP contribution in [0.1, 0.15) is 35.0 Å². The molecular weight excluding hydrogens is 316 g/mol. The zero-order valence-corrected chi connectivity index (χ0v) is 15.8. The van der Waals surface area contributed by atoms with Crippen LogP contribution < -0.4 is 10.6 Å². The number of aromatic nitrogens is 5. The Bertz CT molecular complexity index is 770. The molecule has 0 bridgehead atoms. The fourth-order valence-electron chi connectivity index (χ4n) is 3.40. The van der Waals surface area contributed by atoms with Crippen molar-refractivity contribution >= 4 is 5.96 Å². The van der Waals surface area contributed by atoms with Crippen molar-refractivity contribution in [2.45, 2.75) is 46.7 Å². The maximum atomic E-state index is 4.46. The van der Waals surface area contributed by atoms with Gasteiger partial charge >= 0.3 is 0 Å². The smallest absolute Gasteiger partial charge is 0.191 e. The standard InChI is InChI=1S/C17H28N8/c1-11-15(12(2)24(5)23-11)9-20-17(18-4)19-8-14-6-7-16-22-21-13(3)25(16)10-14/h14H,6-10H2,1-5H3,(H2,18,19,20). The second-order valence-corrected chi connectivity index (χ2v) is 6.76. The number of rotatable bonds is 4. The summed E-state index contributed by atoms with van der Waals surface area (Å²) in [6, 6.07) is 0. The molecule has 136 valence electrons. The van der Waals surface area contributed by atoms with Crippen molar-refractivity contribution in [3.05, 3.63) is 28.6 Å². The summed E-state index contributed by atoms with van der Waals surface area (Å²) in [5.41, 5.74) is 3.47. The maximum Gasteiger partial charge on any atom is 0.191 e. The van der Waals surface area contributed by atoms with Crippen molar-refractivity contribution in [3.8, 4) is 0 Å². The lowest BCUT2D eigenvalue weighted by Gasteiger charge is -2.25. The van der Waals surface area contributed by atoms with Crippen molar-refractivity contribution in [1.82, 2.24) is 35.2 Å². The van der Waals surface area contributed by atoms with Gasteiger partial charge in [0.1, 0.15) is 11.6 Å². The number of guanidine groups is 1. The summed E-state index contributed by atoms with van der Waals surface area (Å²) in [5.74, 6) is 3.50. The highest BCUT2D eigenvalue weighted by molar-refractivity contribution is 5.79. The molecule has 0 amide bonds. The monoisotopic (exact) mass is 344 g/mol. The molecule has 0 radical (unpaired) electrons. The van der Waals surface area contributed by atoms with Crippen molar-refractivity contribution in [3.63, 3.8) is 0 Å². The molecule has 1 atom stereocenters. The Labute approximate surface area is 148 Å². The Hall–Kier alpha value is -2.38. The van der Waals surface area contributed by atoms with E-state index in [2.05, 4.69) is 42.4 Å². The summed E-state index contributed by atoms with van der Waals surface area (Å²) in [6.45, 7) is 8.74. The molecule has 1 unspecified atom stereocenters. The molecule has 0 saturated carbocycles. The largest absolute Gasteiger partial charge is 0.356 e. The lowest BCUT2D eigenvalue weighted by atomic mass is 9.99. The molecule has 2 N–H and O–H groups in total. The Kier molecular flexibility index (Phi) is 5.06. The van der Waals surface area contributed by atoms with Gasteiger partial charge < -0.3 is 15.2 Å². The molecule has 3 rings (SSSR count). The number of hydrogen-bond donors (Lipinski definition) is 2. The van der Waals surface area contributed by atoms with Crippen LogP contribution >= 0.6 is 0 Å². The lowest BCUT2D eigenvalue weighted by molar-refractivity contribution is 0.358. The van der Waals surface area contributed by atoms with Crippen LogP contribution in [-0.4, -0.2) is 44.1 Å². The number of aryl methyl sites for hydroxylation is 4. The van der Waals surface area contributed by atoms with Gasteiger partial charge in [-0.15, -0.1) is 10.2 Å². The van der Waals surface area contributed by atoms with Gasteiger partial charge in [-0.25, -0.2) is 0 Å². The van der Waals surface area contributed by atoms with E-state index < -0.39 is 0 Å². The molecule has 1 aliphatic rings. The molecule has 2 aromatic heterocycles. The third-order valence-electron chi connectivity index (χ3n) is 5.10. The molecule has 25 heavy (non-hydrogen) atoms. The molecule has 0 spiro atoms. The third kappa shape index (κ3) is 3.67. The predicted octanol–water partition coefficient (Wildman–Crippen LogP) is 0.864.